The van der Waals surface area contributed by atoms with E-state index in [-0.39, 0.29) is 5.82 Å². The molecular weight excluding hydrogens is 341 g/mol. The molecule has 0 radical (unpaired) electrons. The van der Waals surface area contributed by atoms with Crippen molar-refractivity contribution >= 4 is 5.82 Å². The van der Waals surface area contributed by atoms with E-state index in [0.29, 0.717) is 16.9 Å². The van der Waals surface area contributed by atoms with Gasteiger partial charge in [-0.3, -0.25) is 4.90 Å². The molecule has 2 aromatic heterocycles. The van der Waals surface area contributed by atoms with Gasteiger partial charge in [-0.15, -0.1) is 0 Å². The number of hydrogen-bond donors (Lipinski definition) is 0. The standard InChI is InChI=1S/C21H20FN5/c22-17-6-7-18(24-10-17)20-23-9-8-19(25-20)27-14-21(15-27)12-26(13-21)11-16-4-2-1-3-5-16/h1-10H,11-15H2. The van der Waals surface area contributed by atoms with Crippen LogP contribution < -0.4 is 4.90 Å². The van der Waals surface area contributed by atoms with E-state index in [1.807, 2.05) is 6.07 Å². The molecule has 0 bridgehead atoms. The van der Waals surface area contributed by atoms with Gasteiger partial charge in [-0.1, -0.05) is 30.3 Å². The molecule has 0 saturated carbocycles. The Bertz CT molecular complexity index is 930. The lowest BCUT2D eigenvalue weighted by Gasteiger charge is -2.60. The molecule has 0 aliphatic carbocycles. The minimum atomic E-state index is -0.357. The van der Waals surface area contributed by atoms with Crippen LogP contribution in [0.15, 0.2) is 60.9 Å². The van der Waals surface area contributed by atoms with Crippen molar-refractivity contribution in [1.82, 2.24) is 19.9 Å². The lowest BCUT2D eigenvalue weighted by Crippen LogP contribution is -2.72. The van der Waals surface area contributed by atoms with Crippen molar-refractivity contribution in [2.24, 2.45) is 5.41 Å². The van der Waals surface area contributed by atoms with Gasteiger partial charge in [-0.2, -0.15) is 0 Å². The van der Waals surface area contributed by atoms with Gasteiger partial charge < -0.3 is 4.90 Å². The molecule has 136 valence electrons. The van der Waals surface area contributed by atoms with Gasteiger partial charge in [-0.25, -0.2) is 19.3 Å². The maximum Gasteiger partial charge on any atom is 0.180 e. The van der Waals surface area contributed by atoms with Crippen LogP contribution in [0, 0.1) is 11.2 Å². The first kappa shape index (κ1) is 16.3. The minimum absolute atomic E-state index is 0.357. The summed E-state index contributed by atoms with van der Waals surface area (Å²) in [4.78, 5) is 17.8. The van der Waals surface area contributed by atoms with Crippen LogP contribution in [0.5, 0.6) is 0 Å². The zero-order valence-electron chi connectivity index (χ0n) is 14.9. The number of rotatable bonds is 4. The Morgan fingerprint density at radius 2 is 1.74 bits per heavy atom. The molecular formula is C21H20FN5. The summed E-state index contributed by atoms with van der Waals surface area (Å²) in [7, 11) is 0. The summed E-state index contributed by atoms with van der Waals surface area (Å²) in [6.07, 6.45) is 2.94. The fourth-order valence-electron chi connectivity index (χ4n) is 4.14. The predicted molar refractivity (Wildman–Crippen MR) is 102 cm³/mol. The van der Waals surface area contributed by atoms with Crippen LogP contribution in [-0.2, 0) is 6.54 Å². The Labute approximate surface area is 157 Å². The van der Waals surface area contributed by atoms with E-state index in [1.165, 1.54) is 17.8 Å². The fraction of sp³-hybridized carbons (Fsp3) is 0.286. The highest BCUT2D eigenvalue weighted by molar-refractivity contribution is 5.53. The van der Waals surface area contributed by atoms with Gasteiger partial charge in [-0.05, 0) is 23.8 Å². The highest BCUT2D eigenvalue weighted by atomic mass is 19.1. The minimum Gasteiger partial charge on any atom is -0.355 e. The van der Waals surface area contributed by atoms with Crippen LogP contribution in [0.25, 0.3) is 11.5 Å². The molecule has 0 N–H and O–H groups in total. The molecule has 1 spiro atoms. The third-order valence-electron chi connectivity index (χ3n) is 5.34. The van der Waals surface area contributed by atoms with Gasteiger partial charge in [0, 0.05) is 44.3 Å². The first-order valence-corrected chi connectivity index (χ1v) is 9.15. The molecule has 2 saturated heterocycles. The normalized spacial score (nSPS) is 18.2. The second-order valence-corrected chi connectivity index (χ2v) is 7.59. The second kappa shape index (κ2) is 6.39. The fourth-order valence-corrected chi connectivity index (χ4v) is 4.14. The molecule has 0 atom stereocenters. The molecule has 5 rings (SSSR count). The number of aromatic nitrogens is 3. The van der Waals surface area contributed by atoms with Crippen LogP contribution in [0.1, 0.15) is 5.56 Å². The van der Waals surface area contributed by atoms with Crippen molar-refractivity contribution in [2.75, 3.05) is 31.1 Å². The van der Waals surface area contributed by atoms with Gasteiger partial charge >= 0.3 is 0 Å². The Kier molecular flexibility index (Phi) is 3.86. The zero-order chi connectivity index (χ0) is 18.3. The van der Waals surface area contributed by atoms with E-state index in [1.54, 1.807) is 12.3 Å². The zero-order valence-corrected chi connectivity index (χ0v) is 14.9. The monoisotopic (exact) mass is 361 g/mol. The molecule has 3 aromatic rings. The average molecular weight is 361 g/mol. The molecule has 5 nitrogen and oxygen atoms in total. The van der Waals surface area contributed by atoms with Crippen LogP contribution in [-0.4, -0.2) is 46.0 Å². The van der Waals surface area contributed by atoms with Crippen LogP contribution in [0.2, 0.25) is 0 Å². The maximum atomic E-state index is 13.1. The predicted octanol–water partition coefficient (Wildman–Crippen LogP) is 3.00. The highest BCUT2D eigenvalue weighted by Gasteiger charge is 2.51. The van der Waals surface area contributed by atoms with Gasteiger partial charge in [0.05, 0.1) is 6.20 Å². The highest BCUT2D eigenvalue weighted by Crippen LogP contribution is 2.42. The van der Waals surface area contributed by atoms with E-state index in [9.17, 15) is 4.39 Å². The number of pyridine rings is 1. The number of nitrogens with zero attached hydrogens (tertiary/aromatic N) is 5. The van der Waals surface area contributed by atoms with E-state index >= 15 is 0 Å². The van der Waals surface area contributed by atoms with Crippen molar-refractivity contribution < 1.29 is 4.39 Å². The second-order valence-electron chi connectivity index (χ2n) is 7.59. The SMILES string of the molecule is Fc1ccc(-c2nccc(N3CC4(CN(Cc5ccccc5)C4)C3)n2)nc1. The summed E-state index contributed by atoms with van der Waals surface area (Å²) in [5.41, 5.74) is 2.36. The molecule has 0 amide bonds. The van der Waals surface area contributed by atoms with Crippen LogP contribution in [0.3, 0.4) is 0 Å². The first-order chi connectivity index (χ1) is 13.2. The maximum absolute atomic E-state index is 13.1. The Morgan fingerprint density at radius 3 is 2.48 bits per heavy atom. The molecule has 1 aromatic carbocycles. The first-order valence-electron chi connectivity index (χ1n) is 9.15. The van der Waals surface area contributed by atoms with E-state index in [2.05, 4.69) is 55.1 Å². The quantitative estimate of drug-likeness (QED) is 0.715. The van der Waals surface area contributed by atoms with Gasteiger partial charge in [0.1, 0.15) is 17.3 Å². The van der Waals surface area contributed by atoms with Crippen molar-refractivity contribution in [3.8, 4) is 11.5 Å². The van der Waals surface area contributed by atoms with Gasteiger partial charge in [0.2, 0.25) is 0 Å². The third-order valence-corrected chi connectivity index (χ3v) is 5.34. The number of halogens is 1. The summed E-state index contributed by atoms with van der Waals surface area (Å²) < 4.78 is 13.1. The molecule has 0 unspecified atom stereocenters. The van der Waals surface area contributed by atoms with Crippen molar-refractivity contribution in [1.29, 1.82) is 0 Å². The number of benzene rings is 1. The summed E-state index contributed by atoms with van der Waals surface area (Å²) >= 11 is 0. The van der Waals surface area contributed by atoms with E-state index in [4.69, 9.17) is 0 Å². The number of anilines is 1. The Balaban J connectivity index is 1.21. The van der Waals surface area contributed by atoms with E-state index in [0.717, 1.165) is 38.5 Å². The lowest BCUT2D eigenvalue weighted by atomic mass is 9.72. The van der Waals surface area contributed by atoms with Gasteiger partial charge in [0.25, 0.3) is 0 Å². The molecule has 2 aliphatic rings. The largest absolute Gasteiger partial charge is 0.355 e. The Morgan fingerprint density at radius 1 is 0.926 bits per heavy atom. The summed E-state index contributed by atoms with van der Waals surface area (Å²) in [5, 5.41) is 0. The molecule has 2 aliphatic heterocycles. The Hall–Kier alpha value is -2.86. The van der Waals surface area contributed by atoms with Crippen LogP contribution >= 0.6 is 0 Å². The molecule has 6 heteroatoms. The number of hydrogen-bond acceptors (Lipinski definition) is 5. The summed E-state index contributed by atoms with van der Waals surface area (Å²) in [6, 6.07) is 15.5. The lowest BCUT2D eigenvalue weighted by molar-refractivity contribution is -0.0276. The average Bonchev–Trinajstić information content (AvgIpc) is 2.64. The van der Waals surface area contributed by atoms with Crippen molar-refractivity contribution in [2.45, 2.75) is 6.54 Å². The summed E-state index contributed by atoms with van der Waals surface area (Å²) in [5.74, 6) is 1.09. The number of likely N-dealkylation sites (tertiary alicyclic amines) is 1. The smallest absolute Gasteiger partial charge is 0.180 e. The van der Waals surface area contributed by atoms with Crippen LogP contribution in [0.4, 0.5) is 10.2 Å². The third kappa shape index (κ3) is 3.17. The van der Waals surface area contributed by atoms with Crippen molar-refractivity contribution in [3.63, 3.8) is 0 Å². The van der Waals surface area contributed by atoms with Crippen molar-refractivity contribution in [3.05, 3.63) is 72.3 Å². The topological polar surface area (TPSA) is 45.2 Å². The van der Waals surface area contributed by atoms with E-state index < -0.39 is 0 Å². The molecule has 2 fully saturated rings. The van der Waals surface area contributed by atoms with Gasteiger partial charge in [0.15, 0.2) is 5.82 Å². The molecule has 4 heterocycles. The summed E-state index contributed by atoms with van der Waals surface area (Å²) in [6.45, 7) is 5.33. The molecule has 27 heavy (non-hydrogen) atoms.